The zero-order valence-corrected chi connectivity index (χ0v) is 13.9. The molecule has 0 radical (unpaired) electrons. The van der Waals surface area contributed by atoms with E-state index in [9.17, 15) is 5.26 Å². The largest absolute Gasteiger partial charge is 0.197 e. The van der Waals surface area contributed by atoms with Crippen LogP contribution < -0.4 is 0 Å². The lowest BCUT2D eigenvalue weighted by Crippen LogP contribution is -2.00. The van der Waals surface area contributed by atoms with E-state index in [4.69, 9.17) is 5.26 Å². The zero-order valence-electron chi connectivity index (χ0n) is 13.0. The third kappa shape index (κ3) is 3.33. The summed E-state index contributed by atoms with van der Waals surface area (Å²) >= 11 is 0. The van der Waals surface area contributed by atoms with Gasteiger partial charge in [-0.3, -0.25) is 0 Å². The van der Waals surface area contributed by atoms with Gasteiger partial charge in [0.25, 0.3) is 0 Å². The van der Waals surface area contributed by atoms with Crippen LogP contribution in [-0.4, -0.2) is 0 Å². The summed E-state index contributed by atoms with van der Waals surface area (Å²) in [6.07, 6.45) is 0. The fourth-order valence-corrected chi connectivity index (χ4v) is 5.11. The van der Waals surface area contributed by atoms with Crippen LogP contribution in [0.4, 0.5) is 0 Å². The van der Waals surface area contributed by atoms with Gasteiger partial charge in [-0.1, -0.05) is 48.5 Å². The van der Waals surface area contributed by atoms with Gasteiger partial charge in [0.1, 0.15) is 5.25 Å². The highest BCUT2D eigenvalue weighted by atomic mass is 32.2. The van der Waals surface area contributed by atoms with Crippen LogP contribution in [0.25, 0.3) is 0 Å². The highest BCUT2D eigenvalue weighted by molar-refractivity contribution is 8.17. The van der Waals surface area contributed by atoms with Gasteiger partial charge in [0, 0.05) is 0 Å². The molecule has 2 nitrogen and oxygen atoms in total. The first-order valence-corrected chi connectivity index (χ1v) is 9.03. The van der Waals surface area contributed by atoms with E-state index in [0.717, 1.165) is 5.56 Å². The van der Waals surface area contributed by atoms with E-state index in [1.165, 1.54) is 9.79 Å². The number of hydrogen-bond acceptors (Lipinski definition) is 2. The number of benzene rings is 3. The summed E-state index contributed by atoms with van der Waals surface area (Å²) in [7, 11) is -0.849. The van der Waals surface area contributed by atoms with Crippen LogP contribution in [0.2, 0.25) is 0 Å². The lowest BCUT2D eigenvalue weighted by Gasteiger charge is -2.27. The van der Waals surface area contributed by atoms with E-state index in [2.05, 4.69) is 36.4 Å². The van der Waals surface area contributed by atoms with Crippen LogP contribution in [0.15, 0.2) is 94.7 Å². The van der Waals surface area contributed by atoms with Gasteiger partial charge in [0.2, 0.25) is 0 Å². The molecule has 0 aliphatic heterocycles. The third-order valence-corrected chi connectivity index (χ3v) is 6.44. The molecule has 24 heavy (non-hydrogen) atoms. The molecule has 0 amide bonds. The fourth-order valence-electron chi connectivity index (χ4n) is 2.65. The van der Waals surface area contributed by atoms with E-state index < -0.39 is 10.9 Å². The first kappa shape index (κ1) is 15.9. The lowest BCUT2D eigenvalue weighted by molar-refractivity contribution is 1.18. The van der Waals surface area contributed by atoms with E-state index >= 15 is 0 Å². The molecule has 0 bridgehead atoms. The van der Waals surface area contributed by atoms with Crippen molar-refractivity contribution in [3.63, 3.8) is 0 Å². The Balaban J connectivity index is 2.09. The number of nitrogens with zero attached hydrogens (tertiary/aromatic N) is 2. The summed E-state index contributed by atoms with van der Waals surface area (Å²) in [5.41, 5.74) is 1.56. The Kier molecular flexibility index (Phi) is 4.96. The van der Waals surface area contributed by atoms with Gasteiger partial charge in [-0.25, -0.2) is 0 Å². The first-order chi connectivity index (χ1) is 11.8. The van der Waals surface area contributed by atoms with Gasteiger partial charge in [0.05, 0.1) is 17.7 Å². The summed E-state index contributed by atoms with van der Waals surface area (Å²) in [6, 6.07) is 32.4. The predicted molar refractivity (Wildman–Crippen MR) is 97.9 cm³/mol. The van der Waals surface area contributed by atoms with Crippen molar-refractivity contribution in [1.29, 1.82) is 10.5 Å². The summed E-state index contributed by atoms with van der Waals surface area (Å²) in [6.45, 7) is 0. The standard InChI is InChI=1S/C21H16N2S/c22-15-17-11-13-18(14-12-17)21(16-23)24(19-7-3-1-4-8-19)20-9-5-2-6-10-20/h1-14,21,24H. The molecule has 0 saturated heterocycles. The Labute approximate surface area is 145 Å². The van der Waals surface area contributed by atoms with Crippen molar-refractivity contribution in [2.45, 2.75) is 15.0 Å². The minimum Gasteiger partial charge on any atom is -0.197 e. The van der Waals surface area contributed by atoms with Crippen molar-refractivity contribution in [3.8, 4) is 12.1 Å². The summed E-state index contributed by atoms with van der Waals surface area (Å²) < 4.78 is 0. The van der Waals surface area contributed by atoms with E-state index in [-0.39, 0.29) is 5.25 Å². The molecule has 0 aromatic heterocycles. The molecule has 0 heterocycles. The van der Waals surface area contributed by atoms with Crippen LogP contribution in [0.5, 0.6) is 0 Å². The molecule has 3 rings (SSSR count). The minimum absolute atomic E-state index is 0.252. The number of nitriles is 2. The molecular weight excluding hydrogens is 312 g/mol. The van der Waals surface area contributed by atoms with Crippen molar-refractivity contribution in [2.24, 2.45) is 0 Å². The van der Waals surface area contributed by atoms with Crippen molar-refractivity contribution >= 4 is 10.9 Å². The van der Waals surface area contributed by atoms with Crippen LogP contribution in [0.3, 0.4) is 0 Å². The van der Waals surface area contributed by atoms with E-state index in [0.29, 0.717) is 5.56 Å². The molecule has 1 atom stereocenters. The Morgan fingerprint density at radius 1 is 0.667 bits per heavy atom. The third-order valence-electron chi connectivity index (χ3n) is 3.80. The Morgan fingerprint density at radius 2 is 1.17 bits per heavy atom. The SMILES string of the molecule is N#Cc1ccc(C(C#N)[SH](c2ccccc2)c2ccccc2)cc1. The number of thiol groups is 1. The molecule has 0 aliphatic carbocycles. The number of rotatable bonds is 4. The maximum absolute atomic E-state index is 9.90. The second-order valence-corrected chi connectivity index (χ2v) is 7.60. The highest BCUT2D eigenvalue weighted by Crippen LogP contribution is 2.55. The molecule has 0 saturated carbocycles. The summed E-state index contributed by atoms with van der Waals surface area (Å²) in [5.74, 6) is 0. The number of hydrogen-bond donors (Lipinski definition) is 1. The van der Waals surface area contributed by atoms with Crippen LogP contribution in [-0.2, 0) is 0 Å². The van der Waals surface area contributed by atoms with Gasteiger partial charge in [-0.15, -0.1) is 0 Å². The normalized spacial score (nSPS) is 11.8. The Morgan fingerprint density at radius 3 is 1.58 bits per heavy atom. The van der Waals surface area contributed by atoms with Crippen LogP contribution >= 0.6 is 10.9 Å². The maximum atomic E-state index is 9.90. The van der Waals surface area contributed by atoms with Gasteiger partial charge in [-0.05, 0) is 51.8 Å². The average molecular weight is 328 g/mol. The zero-order chi connectivity index (χ0) is 16.8. The molecule has 0 fully saturated rings. The molecule has 0 aliphatic rings. The quantitative estimate of drug-likeness (QED) is 0.666. The van der Waals surface area contributed by atoms with Gasteiger partial charge < -0.3 is 0 Å². The van der Waals surface area contributed by atoms with E-state index in [1.54, 1.807) is 12.1 Å². The summed E-state index contributed by atoms with van der Waals surface area (Å²) in [4.78, 5) is 2.35. The first-order valence-electron chi connectivity index (χ1n) is 7.62. The second-order valence-electron chi connectivity index (χ2n) is 5.31. The van der Waals surface area contributed by atoms with Gasteiger partial charge in [0.15, 0.2) is 0 Å². The van der Waals surface area contributed by atoms with E-state index in [1.807, 2.05) is 48.5 Å². The molecule has 3 aromatic carbocycles. The van der Waals surface area contributed by atoms with Gasteiger partial charge in [-0.2, -0.15) is 21.4 Å². The second kappa shape index (κ2) is 7.51. The van der Waals surface area contributed by atoms with Crippen molar-refractivity contribution < 1.29 is 0 Å². The molecule has 3 heteroatoms. The molecule has 3 aromatic rings. The molecule has 0 spiro atoms. The Hall–Kier alpha value is -3.01. The maximum Gasteiger partial charge on any atom is 0.107 e. The van der Waals surface area contributed by atoms with Crippen LogP contribution in [0.1, 0.15) is 16.4 Å². The highest BCUT2D eigenvalue weighted by Gasteiger charge is 2.22. The topological polar surface area (TPSA) is 47.6 Å². The Bertz CT molecular complexity index is 836. The fraction of sp³-hybridized carbons (Fsp3) is 0.0476. The minimum atomic E-state index is -0.849. The lowest BCUT2D eigenvalue weighted by atomic mass is 10.1. The predicted octanol–water partition coefficient (Wildman–Crippen LogP) is 5.24. The van der Waals surface area contributed by atoms with Crippen LogP contribution in [0, 0.1) is 22.7 Å². The smallest absolute Gasteiger partial charge is 0.107 e. The molecule has 0 N–H and O–H groups in total. The average Bonchev–Trinajstić information content (AvgIpc) is 2.67. The van der Waals surface area contributed by atoms with Crippen molar-refractivity contribution in [3.05, 3.63) is 96.1 Å². The van der Waals surface area contributed by atoms with Crippen molar-refractivity contribution in [2.75, 3.05) is 0 Å². The molecule has 116 valence electrons. The summed E-state index contributed by atoms with van der Waals surface area (Å²) in [5, 5.41) is 18.6. The van der Waals surface area contributed by atoms with Crippen molar-refractivity contribution in [1.82, 2.24) is 0 Å². The molecular formula is C21H16N2S. The van der Waals surface area contributed by atoms with Gasteiger partial charge >= 0.3 is 0 Å². The molecule has 1 unspecified atom stereocenters. The monoisotopic (exact) mass is 328 g/mol.